The molecule has 4 rings (SSSR count). The van der Waals surface area contributed by atoms with Crippen molar-refractivity contribution in [1.82, 2.24) is 25.0 Å². The summed E-state index contributed by atoms with van der Waals surface area (Å²) >= 11 is 0. The van der Waals surface area contributed by atoms with Crippen LogP contribution in [-0.2, 0) is 12.0 Å². The molecule has 0 bridgehead atoms. The zero-order valence-corrected chi connectivity index (χ0v) is 18.1. The van der Waals surface area contributed by atoms with E-state index in [1.165, 1.54) is 4.73 Å². The highest BCUT2D eigenvalue weighted by molar-refractivity contribution is 5.95. The number of nitrogen functional groups attached to an aromatic ring is 1. The number of pyridine rings is 1. The lowest BCUT2D eigenvalue weighted by Gasteiger charge is -2.18. The molecule has 0 atom stereocenters. The van der Waals surface area contributed by atoms with Crippen LogP contribution in [0.5, 0.6) is 5.75 Å². The highest BCUT2D eigenvalue weighted by Crippen LogP contribution is 2.30. The number of rotatable bonds is 6. The summed E-state index contributed by atoms with van der Waals surface area (Å²) in [5.41, 5.74) is 9.07. The molecule has 0 spiro atoms. The largest absolute Gasteiger partial charge is 0.494 e. The second-order valence-electron chi connectivity index (χ2n) is 8.04. The Kier molecular flexibility index (Phi) is 5.18. The van der Waals surface area contributed by atoms with Gasteiger partial charge in [-0.15, -0.1) is 5.10 Å². The van der Waals surface area contributed by atoms with E-state index < -0.39 is 0 Å². The smallest absolute Gasteiger partial charge is 0.255 e. The summed E-state index contributed by atoms with van der Waals surface area (Å²) in [6.07, 6.45) is 2.68. The van der Waals surface area contributed by atoms with Gasteiger partial charge in [0.05, 0.1) is 18.7 Å². The van der Waals surface area contributed by atoms with Crippen LogP contribution in [0.15, 0.2) is 42.6 Å². The number of methoxy groups -OCH3 is 1. The fourth-order valence-corrected chi connectivity index (χ4v) is 3.51. The normalized spacial score (nSPS) is 11.7. The predicted octanol–water partition coefficient (Wildman–Crippen LogP) is 2.74. The molecule has 0 radical (unpaired) electrons. The average Bonchev–Trinajstić information content (AvgIpc) is 3.22. The third-order valence-electron chi connectivity index (χ3n) is 5.65. The molecule has 9 nitrogen and oxygen atoms in total. The molecular weight excluding hydrogens is 394 g/mol. The molecule has 3 aromatic heterocycles. The van der Waals surface area contributed by atoms with Gasteiger partial charge in [0, 0.05) is 22.2 Å². The van der Waals surface area contributed by atoms with Gasteiger partial charge in [-0.2, -0.15) is 0 Å². The molecule has 0 amide bonds. The van der Waals surface area contributed by atoms with E-state index in [1.54, 1.807) is 18.0 Å². The molecule has 1 aromatic carbocycles. The maximum absolute atomic E-state index is 10.8. The summed E-state index contributed by atoms with van der Waals surface area (Å²) < 4.78 is 8.30. The Hall–Kier alpha value is -3.75. The molecule has 3 heterocycles. The molecule has 9 heteroatoms. The second kappa shape index (κ2) is 7.82. The maximum Gasteiger partial charge on any atom is 0.255 e. The Morgan fingerprint density at radius 3 is 2.68 bits per heavy atom. The summed E-state index contributed by atoms with van der Waals surface area (Å²) in [5, 5.41) is 20.1. The highest BCUT2D eigenvalue weighted by atomic mass is 16.5. The molecule has 0 aliphatic heterocycles. The lowest BCUT2D eigenvalue weighted by atomic mass is 9.86. The van der Waals surface area contributed by atoms with E-state index in [0.29, 0.717) is 34.9 Å². The first-order valence-corrected chi connectivity index (χ1v) is 10.1. The minimum atomic E-state index is -0.158. The summed E-state index contributed by atoms with van der Waals surface area (Å²) in [7, 11) is 1.58. The van der Waals surface area contributed by atoms with Crippen LogP contribution in [0.3, 0.4) is 0 Å². The van der Waals surface area contributed by atoms with Crippen LogP contribution < -0.4 is 15.2 Å². The van der Waals surface area contributed by atoms with E-state index in [0.717, 1.165) is 17.5 Å². The standard InChI is InChI=1S/C22H26N7O2/c1-5-22(2,3)18-11-6-8-14(29(18)30)12-28-13-16(26-27-28)19-15-9-7-10-17(31-4)20(15)25-21(23)24-19/h6-11,13,30H,5,12H2,1-4H3,(H2,23,24,25)/q+1. The Balaban J connectivity index is 1.72. The number of nitrogens with two attached hydrogens (primary N) is 1. The molecular formula is C22H26N7O2+. The molecule has 0 fully saturated rings. The lowest BCUT2D eigenvalue weighted by Crippen LogP contribution is -2.45. The van der Waals surface area contributed by atoms with Crippen LogP contribution >= 0.6 is 0 Å². The van der Waals surface area contributed by atoms with E-state index in [2.05, 4.69) is 41.1 Å². The number of fused-ring (bicyclic) bond motifs is 1. The van der Waals surface area contributed by atoms with Crippen molar-refractivity contribution in [3.8, 4) is 17.1 Å². The summed E-state index contributed by atoms with van der Waals surface area (Å²) in [6, 6.07) is 11.3. The van der Waals surface area contributed by atoms with Crippen molar-refractivity contribution in [2.75, 3.05) is 12.8 Å². The van der Waals surface area contributed by atoms with Crippen molar-refractivity contribution in [2.24, 2.45) is 0 Å². The Bertz CT molecular complexity index is 1250. The van der Waals surface area contributed by atoms with E-state index >= 15 is 0 Å². The summed E-state index contributed by atoms with van der Waals surface area (Å²) in [5.74, 6) is 0.737. The Labute approximate surface area is 180 Å². The van der Waals surface area contributed by atoms with Crippen LogP contribution in [-0.4, -0.2) is 37.3 Å². The average molecular weight is 420 g/mol. The molecule has 160 valence electrons. The van der Waals surface area contributed by atoms with Crippen molar-refractivity contribution < 1.29 is 14.7 Å². The number of benzene rings is 1. The first-order chi connectivity index (χ1) is 14.8. The van der Waals surface area contributed by atoms with Crippen LogP contribution in [0, 0.1) is 0 Å². The quantitative estimate of drug-likeness (QED) is 0.364. The van der Waals surface area contributed by atoms with Gasteiger partial charge in [-0.25, -0.2) is 14.6 Å². The van der Waals surface area contributed by atoms with Crippen LogP contribution in [0.25, 0.3) is 22.3 Å². The summed E-state index contributed by atoms with van der Waals surface area (Å²) in [6.45, 7) is 6.65. The van der Waals surface area contributed by atoms with Gasteiger partial charge in [-0.05, 0) is 32.4 Å². The highest BCUT2D eigenvalue weighted by Gasteiger charge is 2.31. The first kappa shape index (κ1) is 20.5. The number of ether oxygens (including phenoxy) is 1. The molecule has 0 saturated heterocycles. The fourth-order valence-electron chi connectivity index (χ4n) is 3.51. The number of hydrogen-bond acceptors (Lipinski definition) is 7. The van der Waals surface area contributed by atoms with Crippen molar-refractivity contribution >= 4 is 16.9 Å². The summed E-state index contributed by atoms with van der Waals surface area (Å²) in [4.78, 5) is 8.69. The van der Waals surface area contributed by atoms with Crippen LogP contribution in [0.1, 0.15) is 38.6 Å². The minimum absolute atomic E-state index is 0.129. The second-order valence-corrected chi connectivity index (χ2v) is 8.04. The van der Waals surface area contributed by atoms with E-state index in [1.807, 2.05) is 36.4 Å². The van der Waals surface area contributed by atoms with Gasteiger partial charge in [0.1, 0.15) is 29.2 Å². The van der Waals surface area contributed by atoms with E-state index in [4.69, 9.17) is 10.5 Å². The number of anilines is 1. The number of nitrogens with zero attached hydrogens (tertiary/aromatic N) is 6. The molecule has 0 unspecified atom stereocenters. The van der Waals surface area contributed by atoms with Crippen LogP contribution in [0.2, 0.25) is 0 Å². The third kappa shape index (κ3) is 3.74. The molecule has 0 aliphatic carbocycles. The van der Waals surface area contributed by atoms with Gasteiger partial charge in [0.15, 0.2) is 0 Å². The zero-order valence-electron chi connectivity index (χ0n) is 18.1. The number of para-hydroxylation sites is 1. The van der Waals surface area contributed by atoms with Gasteiger partial charge >= 0.3 is 0 Å². The van der Waals surface area contributed by atoms with Gasteiger partial charge in [-0.1, -0.05) is 24.3 Å². The molecule has 0 aliphatic rings. The Morgan fingerprint density at radius 1 is 1.16 bits per heavy atom. The zero-order chi connectivity index (χ0) is 22.2. The fraction of sp³-hybridized carbons (Fsp3) is 0.318. The molecule has 0 saturated carbocycles. The number of hydrogen-bond donors (Lipinski definition) is 2. The maximum atomic E-state index is 10.8. The van der Waals surface area contributed by atoms with Crippen molar-refractivity contribution in [3.05, 3.63) is 54.0 Å². The molecule has 31 heavy (non-hydrogen) atoms. The Morgan fingerprint density at radius 2 is 1.94 bits per heavy atom. The minimum Gasteiger partial charge on any atom is -0.494 e. The lowest BCUT2D eigenvalue weighted by molar-refractivity contribution is -0.916. The first-order valence-electron chi connectivity index (χ1n) is 10.1. The topological polar surface area (TPSA) is 116 Å². The van der Waals surface area contributed by atoms with Gasteiger partial charge in [-0.3, -0.25) is 5.21 Å². The van der Waals surface area contributed by atoms with Gasteiger partial charge < -0.3 is 10.5 Å². The van der Waals surface area contributed by atoms with Crippen LogP contribution in [0.4, 0.5) is 5.95 Å². The van der Waals surface area contributed by atoms with E-state index in [9.17, 15) is 5.21 Å². The predicted molar refractivity (Wildman–Crippen MR) is 116 cm³/mol. The molecule has 3 N–H and O–H groups in total. The van der Waals surface area contributed by atoms with Crippen molar-refractivity contribution in [3.63, 3.8) is 0 Å². The van der Waals surface area contributed by atoms with Crippen molar-refractivity contribution in [2.45, 2.75) is 39.2 Å². The van der Waals surface area contributed by atoms with Crippen molar-refractivity contribution in [1.29, 1.82) is 0 Å². The SMILES string of the molecule is CCC(C)(C)c1cccc(Cn2cc(-c3nc(N)nc4c(OC)cccc34)nn2)[n+]1O. The molecule has 4 aromatic rings. The van der Waals surface area contributed by atoms with Gasteiger partial charge in [0.25, 0.3) is 5.69 Å². The third-order valence-corrected chi connectivity index (χ3v) is 5.65. The number of aromatic nitrogens is 6. The monoisotopic (exact) mass is 420 g/mol. The van der Waals surface area contributed by atoms with Gasteiger partial charge in [0.2, 0.25) is 11.6 Å². The van der Waals surface area contributed by atoms with E-state index in [-0.39, 0.29) is 11.4 Å².